The first-order valence-electron chi connectivity index (χ1n) is 8.43. The van der Waals surface area contributed by atoms with E-state index in [9.17, 15) is 9.59 Å². The molecule has 4 aromatic rings. The van der Waals surface area contributed by atoms with E-state index in [-0.39, 0.29) is 18.2 Å². The number of ether oxygens (including phenoxy) is 1. The Labute approximate surface area is 154 Å². The average Bonchev–Trinajstić information content (AvgIpc) is 3.09. The van der Waals surface area contributed by atoms with Crippen LogP contribution in [0.5, 0.6) is 5.75 Å². The van der Waals surface area contributed by atoms with Gasteiger partial charge in [-0.2, -0.15) is 0 Å². The third-order valence-electron chi connectivity index (χ3n) is 4.38. The van der Waals surface area contributed by atoms with Crippen molar-refractivity contribution in [3.05, 3.63) is 75.8 Å². The lowest BCUT2D eigenvalue weighted by Crippen LogP contribution is -2.23. The molecule has 0 saturated heterocycles. The molecule has 0 saturated carbocycles. The lowest BCUT2D eigenvalue weighted by atomic mass is 10.1. The van der Waals surface area contributed by atoms with Gasteiger partial charge in [0.1, 0.15) is 5.58 Å². The molecule has 1 amide bonds. The highest BCUT2D eigenvalue weighted by molar-refractivity contribution is 5.97. The van der Waals surface area contributed by atoms with E-state index in [0.29, 0.717) is 22.5 Å². The largest absolute Gasteiger partial charge is 0.493 e. The Morgan fingerprint density at radius 3 is 2.78 bits per heavy atom. The number of para-hydroxylation sites is 1. The van der Waals surface area contributed by atoms with E-state index in [1.54, 1.807) is 25.3 Å². The third-order valence-corrected chi connectivity index (χ3v) is 4.38. The Morgan fingerprint density at radius 2 is 1.96 bits per heavy atom. The monoisotopic (exact) mass is 363 g/mol. The molecule has 4 rings (SSSR count). The summed E-state index contributed by atoms with van der Waals surface area (Å²) in [5.74, 6) is 0.368. The number of aryl methyl sites for hydroxylation is 1. The van der Waals surface area contributed by atoms with Gasteiger partial charge in [-0.3, -0.25) is 4.79 Å². The van der Waals surface area contributed by atoms with E-state index >= 15 is 0 Å². The lowest BCUT2D eigenvalue weighted by molar-refractivity contribution is 0.0925. The molecular weight excluding hydrogens is 346 g/mol. The predicted octanol–water partition coefficient (Wildman–Crippen LogP) is 3.79. The summed E-state index contributed by atoms with van der Waals surface area (Å²) in [6, 6.07) is 14.1. The molecule has 0 aliphatic heterocycles. The highest BCUT2D eigenvalue weighted by Crippen LogP contribution is 2.28. The zero-order valence-electron chi connectivity index (χ0n) is 14.9. The van der Waals surface area contributed by atoms with Gasteiger partial charge in [0, 0.05) is 23.4 Å². The van der Waals surface area contributed by atoms with Crippen LogP contribution in [0.4, 0.5) is 0 Å². The molecule has 27 heavy (non-hydrogen) atoms. The van der Waals surface area contributed by atoms with Gasteiger partial charge in [-0.05, 0) is 36.2 Å². The van der Waals surface area contributed by atoms with Gasteiger partial charge in [0.2, 0.25) is 0 Å². The molecule has 0 aliphatic rings. The molecule has 6 nitrogen and oxygen atoms in total. The van der Waals surface area contributed by atoms with Crippen LogP contribution in [-0.2, 0) is 6.54 Å². The van der Waals surface area contributed by atoms with Crippen molar-refractivity contribution in [2.75, 3.05) is 7.11 Å². The molecule has 0 atom stereocenters. The first-order chi connectivity index (χ1) is 13.0. The maximum absolute atomic E-state index is 12.5. The van der Waals surface area contributed by atoms with Crippen LogP contribution in [0.1, 0.15) is 21.7 Å². The number of hydrogen-bond donors (Lipinski definition) is 1. The number of furan rings is 1. The number of carbonyl (C=O) groups excluding carboxylic acids is 1. The van der Waals surface area contributed by atoms with Gasteiger partial charge >= 0.3 is 5.63 Å². The fraction of sp³-hybridized carbons (Fsp3) is 0.143. The summed E-state index contributed by atoms with van der Waals surface area (Å²) in [5, 5.41) is 4.36. The Morgan fingerprint density at radius 1 is 1.11 bits per heavy atom. The highest BCUT2D eigenvalue weighted by Gasteiger charge is 2.15. The molecule has 136 valence electrons. The molecule has 2 heterocycles. The molecule has 6 heteroatoms. The van der Waals surface area contributed by atoms with Gasteiger partial charge in [-0.25, -0.2) is 4.79 Å². The molecule has 2 aromatic heterocycles. The minimum Gasteiger partial charge on any atom is -0.493 e. The van der Waals surface area contributed by atoms with Gasteiger partial charge in [-0.15, -0.1) is 0 Å². The second-order valence-corrected chi connectivity index (χ2v) is 6.26. The number of methoxy groups -OCH3 is 1. The molecule has 0 fully saturated rings. The van der Waals surface area contributed by atoms with Crippen LogP contribution < -0.4 is 15.7 Å². The van der Waals surface area contributed by atoms with Crippen LogP contribution in [0, 0.1) is 6.92 Å². The maximum atomic E-state index is 12.5. The third kappa shape index (κ3) is 3.17. The van der Waals surface area contributed by atoms with Gasteiger partial charge in [0.15, 0.2) is 17.1 Å². The van der Waals surface area contributed by atoms with E-state index in [2.05, 4.69) is 5.32 Å². The summed E-state index contributed by atoms with van der Waals surface area (Å²) in [4.78, 5) is 24.3. The van der Waals surface area contributed by atoms with E-state index in [0.717, 1.165) is 16.3 Å². The summed E-state index contributed by atoms with van der Waals surface area (Å²) in [6.07, 6.45) is 0. The summed E-state index contributed by atoms with van der Waals surface area (Å²) in [5.41, 5.74) is 2.24. The number of nitrogens with one attached hydrogen (secondary N) is 1. The molecule has 0 spiro atoms. The molecule has 2 aromatic carbocycles. The Kier molecular flexibility index (Phi) is 4.16. The van der Waals surface area contributed by atoms with Crippen LogP contribution in [0.25, 0.3) is 21.9 Å². The number of fused-ring (bicyclic) bond motifs is 2. The lowest BCUT2D eigenvalue weighted by Gasteiger charge is -2.07. The van der Waals surface area contributed by atoms with Crippen molar-refractivity contribution in [2.24, 2.45) is 0 Å². The number of hydrogen-bond acceptors (Lipinski definition) is 5. The predicted molar refractivity (Wildman–Crippen MR) is 101 cm³/mol. The van der Waals surface area contributed by atoms with Crippen LogP contribution in [0.2, 0.25) is 0 Å². The van der Waals surface area contributed by atoms with Crippen LogP contribution >= 0.6 is 0 Å². The molecule has 1 N–H and O–H groups in total. The first kappa shape index (κ1) is 16.9. The van der Waals surface area contributed by atoms with Crippen LogP contribution in [0.15, 0.2) is 62.2 Å². The smallest absolute Gasteiger partial charge is 0.336 e. The molecule has 0 aliphatic carbocycles. The van der Waals surface area contributed by atoms with Gasteiger partial charge in [0.05, 0.1) is 7.11 Å². The topological polar surface area (TPSA) is 81.7 Å². The second kappa shape index (κ2) is 6.64. The Balaban J connectivity index is 1.61. The first-order valence-corrected chi connectivity index (χ1v) is 8.43. The number of carbonyl (C=O) groups is 1. The second-order valence-electron chi connectivity index (χ2n) is 6.26. The summed E-state index contributed by atoms with van der Waals surface area (Å²) in [7, 11) is 1.55. The molecule has 0 radical (unpaired) electrons. The van der Waals surface area contributed by atoms with Crippen molar-refractivity contribution in [1.82, 2.24) is 5.32 Å². The zero-order valence-corrected chi connectivity index (χ0v) is 14.9. The normalized spacial score (nSPS) is 11.0. The molecule has 0 unspecified atom stereocenters. The van der Waals surface area contributed by atoms with Crippen LogP contribution in [0.3, 0.4) is 0 Å². The van der Waals surface area contributed by atoms with E-state index < -0.39 is 5.63 Å². The van der Waals surface area contributed by atoms with Crippen molar-refractivity contribution in [3.63, 3.8) is 0 Å². The average molecular weight is 363 g/mol. The van der Waals surface area contributed by atoms with Crippen LogP contribution in [-0.4, -0.2) is 13.0 Å². The summed E-state index contributed by atoms with van der Waals surface area (Å²) >= 11 is 0. The van der Waals surface area contributed by atoms with Crippen molar-refractivity contribution in [3.8, 4) is 5.75 Å². The van der Waals surface area contributed by atoms with Crippen molar-refractivity contribution in [1.29, 1.82) is 0 Å². The highest BCUT2D eigenvalue weighted by atomic mass is 16.5. The van der Waals surface area contributed by atoms with Crippen molar-refractivity contribution < 1.29 is 18.4 Å². The van der Waals surface area contributed by atoms with Crippen molar-refractivity contribution in [2.45, 2.75) is 13.5 Å². The Bertz CT molecular complexity index is 1220. The Hall–Kier alpha value is -3.54. The number of benzene rings is 2. The number of rotatable bonds is 4. The molecule has 0 bridgehead atoms. The van der Waals surface area contributed by atoms with Gasteiger partial charge in [-0.1, -0.05) is 24.3 Å². The standard InChI is InChI=1S/C21H17NO5/c1-12-6-7-15-14(10-19(23)26-17(15)8-12)11-22-21(24)18-9-13-4-3-5-16(25-2)20(13)27-18/h3-10H,11H2,1-2H3,(H,22,24). The molecular formula is C21H17NO5. The van der Waals surface area contributed by atoms with Gasteiger partial charge in [0.25, 0.3) is 5.91 Å². The fourth-order valence-corrected chi connectivity index (χ4v) is 3.05. The zero-order chi connectivity index (χ0) is 19.0. The van der Waals surface area contributed by atoms with Gasteiger partial charge < -0.3 is 18.9 Å². The van der Waals surface area contributed by atoms with E-state index in [1.165, 1.54) is 6.07 Å². The fourth-order valence-electron chi connectivity index (χ4n) is 3.05. The summed E-state index contributed by atoms with van der Waals surface area (Å²) < 4.78 is 16.1. The maximum Gasteiger partial charge on any atom is 0.336 e. The van der Waals surface area contributed by atoms with Crippen molar-refractivity contribution >= 4 is 27.8 Å². The SMILES string of the molecule is COc1cccc2cc(C(=O)NCc3cc(=O)oc4cc(C)ccc34)oc12. The summed E-state index contributed by atoms with van der Waals surface area (Å²) in [6.45, 7) is 2.10. The quantitative estimate of drug-likeness (QED) is 0.558. The van der Waals surface area contributed by atoms with E-state index in [1.807, 2.05) is 31.2 Å². The van der Waals surface area contributed by atoms with E-state index in [4.69, 9.17) is 13.6 Å². The number of amides is 1. The minimum atomic E-state index is -0.453. The minimum absolute atomic E-state index is 0.178.